The predicted octanol–water partition coefficient (Wildman–Crippen LogP) is 2.70. The summed E-state index contributed by atoms with van der Waals surface area (Å²) in [5, 5.41) is 0. The maximum atomic E-state index is 11.9. The molecule has 1 saturated heterocycles. The molecule has 0 N–H and O–H groups in total. The number of nitrogens with zero attached hydrogens (tertiary/aromatic N) is 1. The highest BCUT2D eigenvalue weighted by Gasteiger charge is 2.50. The molecule has 92 valence electrons. The molecule has 1 atom stereocenters. The molecule has 2 fully saturated rings. The number of ether oxygens (including phenoxy) is 1. The average molecular weight is 266 g/mol. The SMILES string of the molecule is CCC1CN(C(=O)C(Cl)Cl)C2(CCCC2)O1. The average Bonchev–Trinajstić information content (AvgIpc) is 2.86. The van der Waals surface area contributed by atoms with Gasteiger partial charge in [-0.25, -0.2) is 0 Å². The Bertz CT molecular complexity index is 277. The largest absolute Gasteiger partial charge is 0.351 e. The molecule has 1 aliphatic heterocycles. The van der Waals surface area contributed by atoms with Crippen molar-refractivity contribution in [2.24, 2.45) is 0 Å². The number of hydrogen-bond acceptors (Lipinski definition) is 2. The highest BCUT2D eigenvalue weighted by Crippen LogP contribution is 2.42. The standard InChI is InChI=1S/C11H17Cl2NO2/c1-2-8-7-14(10(15)9(12)13)11(16-8)5-3-4-6-11/h8-9H,2-7H2,1H3. The van der Waals surface area contributed by atoms with E-state index in [9.17, 15) is 4.79 Å². The third kappa shape index (κ3) is 2.05. The molecule has 1 saturated carbocycles. The monoisotopic (exact) mass is 265 g/mol. The van der Waals surface area contributed by atoms with Gasteiger partial charge in [0.05, 0.1) is 6.10 Å². The van der Waals surface area contributed by atoms with Crippen LogP contribution in [-0.2, 0) is 9.53 Å². The van der Waals surface area contributed by atoms with Crippen molar-refractivity contribution in [3.63, 3.8) is 0 Å². The molecule has 0 aromatic rings. The first-order valence-electron chi connectivity index (χ1n) is 5.86. The van der Waals surface area contributed by atoms with Crippen molar-refractivity contribution in [3.8, 4) is 0 Å². The van der Waals surface area contributed by atoms with Gasteiger partial charge in [0.15, 0.2) is 4.84 Å². The quantitative estimate of drug-likeness (QED) is 0.719. The van der Waals surface area contributed by atoms with Crippen LogP contribution in [0.3, 0.4) is 0 Å². The van der Waals surface area contributed by atoms with Gasteiger partial charge in [0.1, 0.15) is 5.72 Å². The minimum absolute atomic E-state index is 0.133. The molecule has 1 unspecified atom stereocenters. The van der Waals surface area contributed by atoms with Crippen LogP contribution < -0.4 is 0 Å². The zero-order chi connectivity index (χ0) is 11.8. The summed E-state index contributed by atoms with van der Waals surface area (Å²) >= 11 is 11.4. The van der Waals surface area contributed by atoms with E-state index in [1.165, 1.54) is 0 Å². The van der Waals surface area contributed by atoms with Crippen LogP contribution in [0.15, 0.2) is 0 Å². The number of alkyl halides is 2. The van der Waals surface area contributed by atoms with Gasteiger partial charge >= 0.3 is 0 Å². The third-order valence-electron chi connectivity index (χ3n) is 3.56. The van der Waals surface area contributed by atoms with Gasteiger partial charge in [-0.3, -0.25) is 4.79 Å². The Morgan fingerprint density at radius 3 is 2.62 bits per heavy atom. The molecule has 1 aliphatic carbocycles. The topological polar surface area (TPSA) is 29.5 Å². The van der Waals surface area contributed by atoms with Crippen LogP contribution in [0.25, 0.3) is 0 Å². The van der Waals surface area contributed by atoms with Crippen LogP contribution in [0, 0.1) is 0 Å². The maximum absolute atomic E-state index is 11.9. The van der Waals surface area contributed by atoms with Gasteiger partial charge in [-0.05, 0) is 32.1 Å². The van der Waals surface area contributed by atoms with Gasteiger partial charge in [0, 0.05) is 6.54 Å². The first kappa shape index (κ1) is 12.5. The van der Waals surface area contributed by atoms with E-state index in [-0.39, 0.29) is 12.0 Å². The summed E-state index contributed by atoms with van der Waals surface area (Å²) in [7, 11) is 0. The van der Waals surface area contributed by atoms with Gasteiger partial charge in [-0.2, -0.15) is 0 Å². The van der Waals surface area contributed by atoms with E-state index in [1.54, 1.807) is 4.90 Å². The molecule has 1 heterocycles. The number of hydrogen-bond donors (Lipinski definition) is 0. The van der Waals surface area contributed by atoms with E-state index >= 15 is 0 Å². The fourth-order valence-electron chi connectivity index (χ4n) is 2.72. The lowest BCUT2D eigenvalue weighted by atomic mass is 10.1. The number of carbonyl (C=O) groups excluding carboxylic acids is 1. The molecule has 2 rings (SSSR count). The first-order chi connectivity index (χ1) is 7.59. The number of amides is 1. The Morgan fingerprint density at radius 1 is 1.50 bits per heavy atom. The van der Waals surface area contributed by atoms with E-state index in [1.807, 2.05) is 0 Å². The summed E-state index contributed by atoms with van der Waals surface area (Å²) < 4.78 is 6.03. The lowest BCUT2D eigenvalue weighted by molar-refractivity contribution is -0.149. The van der Waals surface area contributed by atoms with Crippen LogP contribution in [-0.4, -0.2) is 34.0 Å². The number of carbonyl (C=O) groups is 1. The molecule has 0 aromatic carbocycles. The molecular formula is C11H17Cl2NO2. The summed E-state index contributed by atoms with van der Waals surface area (Å²) in [6.45, 7) is 2.70. The van der Waals surface area contributed by atoms with Crippen molar-refractivity contribution in [3.05, 3.63) is 0 Å². The Hall–Kier alpha value is 0.01000. The highest BCUT2D eigenvalue weighted by atomic mass is 35.5. The second-order valence-corrected chi connectivity index (χ2v) is 5.65. The minimum Gasteiger partial charge on any atom is -0.351 e. The van der Waals surface area contributed by atoms with Crippen molar-refractivity contribution in [2.75, 3.05) is 6.54 Å². The third-order valence-corrected chi connectivity index (χ3v) is 3.93. The molecule has 1 spiro atoms. The zero-order valence-electron chi connectivity index (χ0n) is 9.42. The molecule has 0 aromatic heterocycles. The molecule has 1 amide bonds. The van der Waals surface area contributed by atoms with E-state index in [0.29, 0.717) is 6.54 Å². The van der Waals surface area contributed by atoms with Crippen LogP contribution in [0.1, 0.15) is 39.0 Å². The van der Waals surface area contributed by atoms with Gasteiger partial charge in [0.2, 0.25) is 0 Å². The Balaban J connectivity index is 2.17. The van der Waals surface area contributed by atoms with Gasteiger partial charge < -0.3 is 9.64 Å². The Labute approximate surface area is 106 Å². The molecule has 2 aliphatic rings. The van der Waals surface area contributed by atoms with E-state index in [0.717, 1.165) is 32.1 Å². The van der Waals surface area contributed by atoms with Gasteiger partial charge in [-0.1, -0.05) is 30.1 Å². The van der Waals surface area contributed by atoms with Crippen LogP contribution in [0.4, 0.5) is 0 Å². The van der Waals surface area contributed by atoms with Gasteiger partial charge in [0.25, 0.3) is 5.91 Å². The summed E-state index contributed by atoms with van der Waals surface area (Å²) in [6, 6.07) is 0. The van der Waals surface area contributed by atoms with Crippen molar-refractivity contribution < 1.29 is 9.53 Å². The maximum Gasteiger partial charge on any atom is 0.258 e. The fraction of sp³-hybridized carbons (Fsp3) is 0.909. The van der Waals surface area contributed by atoms with Crippen molar-refractivity contribution in [1.82, 2.24) is 4.90 Å². The van der Waals surface area contributed by atoms with Crippen LogP contribution >= 0.6 is 23.2 Å². The van der Waals surface area contributed by atoms with Crippen molar-refractivity contribution in [2.45, 2.75) is 55.7 Å². The first-order valence-corrected chi connectivity index (χ1v) is 6.74. The highest BCUT2D eigenvalue weighted by molar-refractivity contribution is 6.53. The molecular weight excluding hydrogens is 249 g/mol. The summed E-state index contributed by atoms with van der Waals surface area (Å²) in [5.41, 5.74) is -0.403. The van der Waals surface area contributed by atoms with Crippen LogP contribution in [0.5, 0.6) is 0 Å². The van der Waals surface area contributed by atoms with Gasteiger partial charge in [-0.15, -0.1) is 0 Å². The Morgan fingerprint density at radius 2 is 2.12 bits per heavy atom. The second kappa shape index (κ2) is 4.71. The van der Waals surface area contributed by atoms with Crippen molar-refractivity contribution in [1.29, 1.82) is 0 Å². The summed E-state index contributed by atoms with van der Waals surface area (Å²) in [6.07, 6.45) is 5.09. The lowest BCUT2D eigenvalue weighted by Crippen LogP contribution is -2.48. The van der Waals surface area contributed by atoms with Crippen LogP contribution in [0.2, 0.25) is 0 Å². The Kier molecular flexibility index (Phi) is 3.67. The molecule has 3 nitrogen and oxygen atoms in total. The molecule has 5 heteroatoms. The number of halogens is 2. The summed E-state index contributed by atoms with van der Waals surface area (Å²) in [5.74, 6) is -0.207. The smallest absolute Gasteiger partial charge is 0.258 e. The normalized spacial score (nSPS) is 28.2. The molecule has 16 heavy (non-hydrogen) atoms. The fourth-order valence-corrected chi connectivity index (χ4v) is 2.95. The summed E-state index contributed by atoms with van der Waals surface area (Å²) in [4.78, 5) is 12.7. The second-order valence-electron chi connectivity index (χ2n) is 4.55. The molecule has 0 radical (unpaired) electrons. The minimum atomic E-state index is -0.975. The molecule has 0 bridgehead atoms. The predicted molar refractivity (Wildman–Crippen MR) is 63.6 cm³/mol. The van der Waals surface area contributed by atoms with E-state index in [4.69, 9.17) is 27.9 Å². The lowest BCUT2D eigenvalue weighted by Gasteiger charge is -2.33. The zero-order valence-corrected chi connectivity index (χ0v) is 10.9. The van der Waals surface area contributed by atoms with E-state index in [2.05, 4.69) is 6.92 Å². The van der Waals surface area contributed by atoms with Crippen molar-refractivity contribution >= 4 is 29.1 Å². The van der Waals surface area contributed by atoms with E-state index < -0.39 is 10.6 Å². The number of rotatable bonds is 2.